The molecular formula is C12H18N4O4. The van der Waals surface area contributed by atoms with E-state index >= 15 is 0 Å². The Morgan fingerprint density at radius 1 is 1.20 bits per heavy atom. The SMILES string of the molecule is CCN(C=Cc1c([N+](=O)[O-])c(=O)n(C)c(=O)n1C)CC. The van der Waals surface area contributed by atoms with E-state index in [0.717, 1.165) is 22.2 Å². The van der Waals surface area contributed by atoms with E-state index in [2.05, 4.69) is 0 Å². The van der Waals surface area contributed by atoms with Crippen molar-refractivity contribution in [2.24, 2.45) is 14.1 Å². The molecule has 0 unspecified atom stereocenters. The van der Waals surface area contributed by atoms with Gasteiger partial charge in [-0.05, 0) is 19.9 Å². The number of nitrogens with zero attached hydrogens (tertiary/aromatic N) is 4. The molecule has 0 aliphatic heterocycles. The molecule has 20 heavy (non-hydrogen) atoms. The van der Waals surface area contributed by atoms with Crippen LogP contribution in [-0.4, -0.2) is 32.0 Å². The molecule has 0 aliphatic carbocycles. The number of rotatable bonds is 5. The highest BCUT2D eigenvalue weighted by molar-refractivity contribution is 5.56. The monoisotopic (exact) mass is 282 g/mol. The molecule has 0 aromatic carbocycles. The highest BCUT2D eigenvalue weighted by atomic mass is 16.6. The van der Waals surface area contributed by atoms with E-state index in [1.54, 1.807) is 6.20 Å². The first-order valence-corrected chi connectivity index (χ1v) is 6.21. The minimum atomic E-state index is -0.905. The number of hydrogen-bond acceptors (Lipinski definition) is 5. The van der Waals surface area contributed by atoms with E-state index < -0.39 is 21.9 Å². The zero-order valence-electron chi connectivity index (χ0n) is 12.0. The van der Waals surface area contributed by atoms with Crippen LogP contribution in [0.2, 0.25) is 0 Å². The third-order valence-electron chi connectivity index (χ3n) is 3.12. The Morgan fingerprint density at radius 3 is 2.20 bits per heavy atom. The van der Waals surface area contributed by atoms with Crippen molar-refractivity contribution in [1.29, 1.82) is 0 Å². The lowest BCUT2D eigenvalue weighted by Gasteiger charge is -2.15. The highest BCUT2D eigenvalue weighted by Crippen LogP contribution is 2.12. The van der Waals surface area contributed by atoms with Gasteiger partial charge in [0.25, 0.3) is 0 Å². The first kappa shape index (κ1) is 15.7. The quantitative estimate of drug-likeness (QED) is 0.572. The summed E-state index contributed by atoms with van der Waals surface area (Å²) in [5.74, 6) is 0. The molecule has 0 spiro atoms. The van der Waals surface area contributed by atoms with Crippen LogP contribution in [0, 0.1) is 10.1 Å². The van der Waals surface area contributed by atoms with Gasteiger partial charge in [0, 0.05) is 33.4 Å². The van der Waals surface area contributed by atoms with Crippen LogP contribution in [0.15, 0.2) is 15.8 Å². The fraction of sp³-hybridized carbons (Fsp3) is 0.500. The van der Waals surface area contributed by atoms with Crippen LogP contribution in [-0.2, 0) is 14.1 Å². The average Bonchev–Trinajstić information content (AvgIpc) is 2.42. The van der Waals surface area contributed by atoms with Crippen LogP contribution in [0.4, 0.5) is 5.69 Å². The topological polar surface area (TPSA) is 90.4 Å². The lowest BCUT2D eigenvalue weighted by molar-refractivity contribution is -0.387. The summed E-state index contributed by atoms with van der Waals surface area (Å²) >= 11 is 0. The summed E-state index contributed by atoms with van der Waals surface area (Å²) in [5.41, 5.74) is -2.11. The van der Waals surface area contributed by atoms with E-state index in [9.17, 15) is 19.7 Å². The standard InChI is InChI=1S/C12H18N4O4/c1-5-15(6-2)8-7-9-10(16(19)20)11(17)14(4)12(18)13(9)3/h7-8H,5-6H2,1-4H3. The number of nitro groups is 1. The predicted octanol–water partition coefficient (Wildman–Crippen LogP) is 0.305. The van der Waals surface area contributed by atoms with Crippen LogP contribution in [0.25, 0.3) is 6.08 Å². The Kier molecular flexibility index (Phi) is 4.84. The third-order valence-corrected chi connectivity index (χ3v) is 3.12. The third kappa shape index (κ3) is 2.79. The summed E-state index contributed by atoms with van der Waals surface area (Å²) in [6.07, 6.45) is 3.06. The second kappa shape index (κ2) is 6.18. The van der Waals surface area contributed by atoms with E-state index in [4.69, 9.17) is 0 Å². The number of hydrogen-bond donors (Lipinski definition) is 0. The first-order valence-electron chi connectivity index (χ1n) is 6.21. The van der Waals surface area contributed by atoms with Crippen LogP contribution in [0.5, 0.6) is 0 Å². The lowest BCUT2D eigenvalue weighted by atomic mass is 10.3. The summed E-state index contributed by atoms with van der Waals surface area (Å²) in [6, 6.07) is 0. The van der Waals surface area contributed by atoms with Gasteiger partial charge in [0.15, 0.2) is 0 Å². The largest absolute Gasteiger partial charge is 0.378 e. The average molecular weight is 282 g/mol. The van der Waals surface area contributed by atoms with Gasteiger partial charge >= 0.3 is 16.9 Å². The van der Waals surface area contributed by atoms with Gasteiger partial charge in [0.05, 0.1) is 4.92 Å². The molecule has 0 aliphatic rings. The molecule has 0 saturated heterocycles. The van der Waals surface area contributed by atoms with Gasteiger partial charge in [0.1, 0.15) is 5.69 Å². The van der Waals surface area contributed by atoms with Crippen LogP contribution >= 0.6 is 0 Å². The fourth-order valence-corrected chi connectivity index (χ4v) is 1.81. The predicted molar refractivity (Wildman–Crippen MR) is 75.5 cm³/mol. The summed E-state index contributed by atoms with van der Waals surface area (Å²) in [5, 5.41) is 11.1. The molecule has 110 valence electrons. The van der Waals surface area contributed by atoms with Crippen molar-refractivity contribution in [2.45, 2.75) is 13.8 Å². The molecule has 1 aromatic heterocycles. The van der Waals surface area contributed by atoms with E-state index in [-0.39, 0.29) is 5.69 Å². The van der Waals surface area contributed by atoms with E-state index in [0.29, 0.717) is 0 Å². The minimum absolute atomic E-state index is 0.00463. The van der Waals surface area contributed by atoms with Crippen LogP contribution in [0.1, 0.15) is 19.5 Å². The Morgan fingerprint density at radius 2 is 1.75 bits per heavy atom. The zero-order valence-corrected chi connectivity index (χ0v) is 12.0. The van der Waals surface area contributed by atoms with Gasteiger partial charge in [0.2, 0.25) is 0 Å². The summed E-state index contributed by atoms with van der Waals surface area (Å²) < 4.78 is 1.83. The minimum Gasteiger partial charge on any atom is -0.378 e. The molecule has 1 aromatic rings. The van der Waals surface area contributed by atoms with Crippen LogP contribution in [0.3, 0.4) is 0 Å². The van der Waals surface area contributed by atoms with Crippen molar-refractivity contribution in [1.82, 2.24) is 14.0 Å². The zero-order chi connectivity index (χ0) is 15.4. The lowest BCUT2D eigenvalue weighted by Crippen LogP contribution is -2.39. The molecule has 0 N–H and O–H groups in total. The molecule has 0 fully saturated rings. The molecular weight excluding hydrogens is 264 g/mol. The number of aromatic nitrogens is 2. The summed E-state index contributed by atoms with van der Waals surface area (Å²) in [4.78, 5) is 35.9. The van der Waals surface area contributed by atoms with Crippen molar-refractivity contribution in [3.8, 4) is 0 Å². The van der Waals surface area contributed by atoms with Gasteiger partial charge < -0.3 is 4.90 Å². The maximum Gasteiger partial charge on any atom is 0.357 e. The van der Waals surface area contributed by atoms with Crippen molar-refractivity contribution < 1.29 is 4.92 Å². The fourth-order valence-electron chi connectivity index (χ4n) is 1.81. The van der Waals surface area contributed by atoms with Gasteiger partial charge in [-0.3, -0.25) is 24.0 Å². The second-order valence-corrected chi connectivity index (χ2v) is 4.23. The summed E-state index contributed by atoms with van der Waals surface area (Å²) in [6.45, 7) is 5.32. The normalized spacial score (nSPS) is 11.0. The molecule has 0 saturated carbocycles. The maximum atomic E-state index is 11.8. The Bertz CT molecular complexity index is 653. The van der Waals surface area contributed by atoms with Gasteiger partial charge in [-0.2, -0.15) is 0 Å². The summed E-state index contributed by atoms with van der Waals surface area (Å²) in [7, 11) is 2.62. The highest BCUT2D eigenvalue weighted by Gasteiger charge is 2.23. The molecule has 1 rings (SSSR count). The second-order valence-electron chi connectivity index (χ2n) is 4.23. The van der Waals surface area contributed by atoms with Gasteiger partial charge in [-0.15, -0.1) is 0 Å². The maximum absolute atomic E-state index is 11.8. The van der Waals surface area contributed by atoms with Gasteiger partial charge in [-0.25, -0.2) is 4.79 Å². The first-order chi connectivity index (χ1) is 9.34. The van der Waals surface area contributed by atoms with Gasteiger partial charge in [-0.1, -0.05) is 0 Å². The van der Waals surface area contributed by atoms with Crippen molar-refractivity contribution in [3.63, 3.8) is 0 Å². The van der Waals surface area contributed by atoms with Crippen molar-refractivity contribution in [3.05, 3.63) is 42.8 Å². The Balaban J connectivity index is 3.57. The molecule has 0 radical (unpaired) electrons. The van der Waals surface area contributed by atoms with Crippen LogP contribution < -0.4 is 11.2 Å². The van der Waals surface area contributed by atoms with E-state index in [1.165, 1.54) is 20.2 Å². The molecule has 1 heterocycles. The molecule has 8 nitrogen and oxygen atoms in total. The van der Waals surface area contributed by atoms with Crippen molar-refractivity contribution in [2.75, 3.05) is 13.1 Å². The Labute approximate surface area is 115 Å². The smallest absolute Gasteiger partial charge is 0.357 e. The Hall–Kier alpha value is -2.38. The molecule has 8 heteroatoms. The molecule has 0 bridgehead atoms. The molecule has 0 amide bonds. The molecule has 0 atom stereocenters. The van der Waals surface area contributed by atoms with Crippen molar-refractivity contribution >= 4 is 11.8 Å². The van der Waals surface area contributed by atoms with E-state index in [1.807, 2.05) is 18.7 Å².